The number of amides is 1. The van der Waals surface area contributed by atoms with Crippen LogP contribution in [0.4, 0.5) is 5.69 Å². The lowest BCUT2D eigenvalue weighted by atomic mass is 10.2. The number of aryl methyl sites for hydroxylation is 1. The Morgan fingerprint density at radius 3 is 2.45 bits per heavy atom. The molecule has 0 heterocycles. The SMILES string of the molecule is Cc1ccc(Cl)cc1S(=O)(=O)N(C)c1ccccc1C(N)=O. The molecule has 0 spiro atoms. The van der Waals surface area contributed by atoms with Crippen molar-refractivity contribution in [2.24, 2.45) is 5.73 Å². The molecule has 0 aromatic heterocycles. The number of rotatable bonds is 4. The van der Waals surface area contributed by atoms with Gasteiger partial charge in [-0.05, 0) is 36.8 Å². The van der Waals surface area contributed by atoms with Crippen LogP contribution in [-0.2, 0) is 10.0 Å². The summed E-state index contributed by atoms with van der Waals surface area (Å²) < 4.78 is 26.6. The molecule has 0 saturated carbocycles. The highest BCUT2D eigenvalue weighted by atomic mass is 35.5. The second-order valence-corrected chi connectivity index (χ2v) is 7.14. The molecule has 5 nitrogen and oxygen atoms in total. The summed E-state index contributed by atoms with van der Waals surface area (Å²) >= 11 is 5.90. The third-order valence-corrected chi connectivity index (χ3v) is 5.45. The molecule has 0 saturated heterocycles. The van der Waals surface area contributed by atoms with E-state index in [-0.39, 0.29) is 16.1 Å². The molecule has 2 rings (SSSR count). The van der Waals surface area contributed by atoms with E-state index in [1.54, 1.807) is 31.2 Å². The molecule has 0 aliphatic heterocycles. The van der Waals surface area contributed by atoms with E-state index in [2.05, 4.69) is 0 Å². The molecule has 7 heteroatoms. The van der Waals surface area contributed by atoms with E-state index in [1.165, 1.54) is 25.2 Å². The molecule has 2 N–H and O–H groups in total. The van der Waals surface area contributed by atoms with Gasteiger partial charge in [-0.3, -0.25) is 9.10 Å². The van der Waals surface area contributed by atoms with E-state index >= 15 is 0 Å². The van der Waals surface area contributed by atoms with Crippen molar-refractivity contribution >= 4 is 33.2 Å². The van der Waals surface area contributed by atoms with E-state index < -0.39 is 15.9 Å². The first-order valence-electron chi connectivity index (χ1n) is 6.39. The van der Waals surface area contributed by atoms with Gasteiger partial charge in [0.05, 0.1) is 16.1 Å². The maximum Gasteiger partial charge on any atom is 0.264 e. The first kappa shape index (κ1) is 16.3. The van der Waals surface area contributed by atoms with Crippen molar-refractivity contribution in [1.29, 1.82) is 0 Å². The van der Waals surface area contributed by atoms with Crippen LogP contribution in [0.5, 0.6) is 0 Å². The Balaban J connectivity index is 2.60. The van der Waals surface area contributed by atoms with Gasteiger partial charge in [0, 0.05) is 12.1 Å². The molecule has 22 heavy (non-hydrogen) atoms. The molecule has 0 radical (unpaired) electrons. The number of carbonyl (C=O) groups excluding carboxylic acids is 1. The summed E-state index contributed by atoms with van der Waals surface area (Å²) in [5, 5.41) is 0.320. The zero-order valence-electron chi connectivity index (χ0n) is 12.1. The molecule has 0 aliphatic rings. The largest absolute Gasteiger partial charge is 0.366 e. The zero-order chi connectivity index (χ0) is 16.5. The van der Waals surface area contributed by atoms with Gasteiger partial charge in [-0.15, -0.1) is 0 Å². The Morgan fingerprint density at radius 1 is 1.18 bits per heavy atom. The van der Waals surface area contributed by atoms with Crippen LogP contribution in [0.2, 0.25) is 5.02 Å². The summed E-state index contributed by atoms with van der Waals surface area (Å²) in [7, 11) is -2.49. The first-order chi connectivity index (χ1) is 10.2. The second kappa shape index (κ2) is 5.98. The van der Waals surface area contributed by atoms with Crippen molar-refractivity contribution in [2.75, 3.05) is 11.4 Å². The van der Waals surface area contributed by atoms with Gasteiger partial charge in [0.15, 0.2) is 0 Å². The highest BCUT2D eigenvalue weighted by Crippen LogP contribution is 2.28. The summed E-state index contributed by atoms with van der Waals surface area (Å²) in [5.41, 5.74) is 6.22. The Hall–Kier alpha value is -2.05. The highest BCUT2D eigenvalue weighted by Gasteiger charge is 2.26. The van der Waals surface area contributed by atoms with E-state index in [1.807, 2.05) is 0 Å². The highest BCUT2D eigenvalue weighted by molar-refractivity contribution is 7.92. The summed E-state index contributed by atoms with van der Waals surface area (Å²) in [6.07, 6.45) is 0. The molecule has 0 aliphatic carbocycles. The van der Waals surface area contributed by atoms with Crippen molar-refractivity contribution in [3.63, 3.8) is 0 Å². The molecular formula is C15H15ClN2O3S. The average molecular weight is 339 g/mol. The second-order valence-electron chi connectivity index (χ2n) is 4.76. The Labute approximate surface area is 134 Å². The van der Waals surface area contributed by atoms with Crippen molar-refractivity contribution in [3.05, 3.63) is 58.6 Å². The smallest absolute Gasteiger partial charge is 0.264 e. The fourth-order valence-electron chi connectivity index (χ4n) is 2.09. The summed E-state index contributed by atoms with van der Waals surface area (Å²) in [4.78, 5) is 11.6. The van der Waals surface area contributed by atoms with Gasteiger partial charge in [0.2, 0.25) is 0 Å². The molecule has 0 unspecified atom stereocenters. The Morgan fingerprint density at radius 2 is 1.82 bits per heavy atom. The van der Waals surface area contributed by atoms with Gasteiger partial charge in [-0.25, -0.2) is 8.42 Å². The predicted octanol–water partition coefficient (Wildman–Crippen LogP) is 2.57. The molecule has 116 valence electrons. The van der Waals surface area contributed by atoms with Crippen LogP contribution in [0, 0.1) is 6.92 Å². The lowest BCUT2D eigenvalue weighted by Crippen LogP contribution is -2.29. The van der Waals surface area contributed by atoms with Crippen molar-refractivity contribution in [2.45, 2.75) is 11.8 Å². The summed E-state index contributed by atoms with van der Waals surface area (Å²) in [6.45, 7) is 1.68. The summed E-state index contributed by atoms with van der Waals surface area (Å²) in [6, 6.07) is 10.9. The van der Waals surface area contributed by atoms with Gasteiger partial charge in [0.25, 0.3) is 15.9 Å². The van der Waals surface area contributed by atoms with Crippen LogP contribution in [0.1, 0.15) is 15.9 Å². The lowest BCUT2D eigenvalue weighted by Gasteiger charge is -2.22. The van der Waals surface area contributed by atoms with Crippen molar-refractivity contribution in [1.82, 2.24) is 0 Å². The quantitative estimate of drug-likeness (QED) is 0.930. The fraction of sp³-hybridized carbons (Fsp3) is 0.133. The molecule has 0 fully saturated rings. The number of nitrogens with zero attached hydrogens (tertiary/aromatic N) is 1. The third kappa shape index (κ3) is 2.93. The normalized spacial score (nSPS) is 11.2. The summed E-state index contributed by atoms with van der Waals surface area (Å²) in [5.74, 6) is -0.694. The number of halogens is 1. The number of hydrogen-bond acceptors (Lipinski definition) is 3. The van der Waals surface area contributed by atoms with Crippen LogP contribution >= 0.6 is 11.6 Å². The first-order valence-corrected chi connectivity index (χ1v) is 8.21. The minimum atomic E-state index is -3.86. The van der Waals surface area contributed by atoms with E-state index in [0.29, 0.717) is 10.6 Å². The van der Waals surface area contributed by atoms with Crippen molar-refractivity contribution in [3.8, 4) is 0 Å². The zero-order valence-corrected chi connectivity index (χ0v) is 13.6. The maximum atomic E-state index is 12.8. The fourth-order valence-corrected chi connectivity index (χ4v) is 3.79. The number of sulfonamides is 1. The van der Waals surface area contributed by atoms with Crippen LogP contribution in [0.25, 0.3) is 0 Å². The van der Waals surface area contributed by atoms with Crippen LogP contribution in [0.15, 0.2) is 47.4 Å². The number of para-hydroxylation sites is 1. The van der Waals surface area contributed by atoms with Crippen LogP contribution < -0.4 is 10.0 Å². The van der Waals surface area contributed by atoms with Gasteiger partial charge in [0.1, 0.15) is 0 Å². The number of hydrogen-bond donors (Lipinski definition) is 1. The minimum Gasteiger partial charge on any atom is -0.366 e. The van der Waals surface area contributed by atoms with Gasteiger partial charge < -0.3 is 5.73 Å². The van der Waals surface area contributed by atoms with Gasteiger partial charge in [-0.1, -0.05) is 29.8 Å². The maximum absolute atomic E-state index is 12.8. The molecular weight excluding hydrogens is 324 g/mol. The molecule has 2 aromatic rings. The predicted molar refractivity (Wildman–Crippen MR) is 86.7 cm³/mol. The van der Waals surface area contributed by atoms with Crippen molar-refractivity contribution < 1.29 is 13.2 Å². The molecule has 0 atom stereocenters. The van der Waals surface area contributed by atoms with E-state index in [4.69, 9.17) is 17.3 Å². The third-order valence-electron chi connectivity index (χ3n) is 3.30. The number of nitrogens with two attached hydrogens (primary N) is 1. The van der Waals surface area contributed by atoms with Crippen LogP contribution in [-0.4, -0.2) is 21.4 Å². The Bertz CT molecular complexity index is 834. The molecule has 0 bridgehead atoms. The lowest BCUT2D eigenvalue weighted by molar-refractivity contribution is 0.100. The molecule has 2 aromatic carbocycles. The van der Waals surface area contributed by atoms with E-state index in [0.717, 1.165) is 4.31 Å². The van der Waals surface area contributed by atoms with E-state index in [9.17, 15) is 13.2 Å². The standard InChI is InChI=1S/C15H15ClN2O3S/c1-10-7-8-11(16)9-14(10)22(20,21)18(2)13-6-4-3-5-12(13)15(17)19/h3-9H,1-2H3,(H2,17,19). The minimum absolute atomic E-state index is 0.0850. The number of carbonyl (C=O) groups is 1. The van der Waals surface area contributed by atoms with Gasteiger partial charge in [-0.2, -0.15) is 0 Å². The monoisotopic (exact) mass is 338 g/mol. The molecule has 1 amide bonds. The number of primary amides is 1. The van der Waals surface area contributed by atoms with Gasteiger partial charge >= 0.3 is 0 Å². The average Bonchev–Trinajstić information content (AvgIpc) is 2.48. The number of benzene rings is 2. The Kier molecular flexibility index (Phi) is 4.44. The topological polar surface area (TPSA) is 80.5 Å². The number of anilines is 1. The van der Waals surface area contributed by atoms with Crippen LogP contribution in [0.3, 0.4) is 0 Å².